The SMILES string of the molecule is CN(C(=O)C(=O)OC(C)(C)C)c1ccc(Cl)cc1. The van der Waals surface area contributed by atoms with E-state index in [2.05, 4.69) is 0 Å². The molecule has 1 aromatic carbocycles. The summed E-state index contributed by atoms with van der Waals surface area (Å²) < 4.78 is 5.01. The predicted octanol–water partition coefficient (Wildman–Crippen LogP) is 2.64. The number of halogens is 1. The van der Waals surface area contributed by atoms with Crippen LogP contribution >= 0.6 is 11.6 Å². The number of nitrogens with zero attached hydrogens (tertiary/aromatic N) is 1. The third-order valence-corrected chi connectivity index (χ3v) is 2.34. The van der Waals surface area contributed by atoms with E-state index in [9.17, 15) is 9.59 Å². The van der Waals surface area contributed by atoms with Crippen LogP contribution in [0.3, 0.4) is 0 Å². The lowest BCUT2D eigenvalue weighted by Crippen LogP contribution is -2.38. The molecule has 0 radical (unpaired) electrons. The van der Waals surface area contributed by atoms with Crippen molar-refractivity contribution < 1.29 is 14.3 Å². The van der Waals surface area contributed by atoms with Crippen molar-refractivity contribution in [2.45, 2.75) is 26.4 Å². The molecule has 18 heavy (non-hydrogen) atoms. The lowest BCUT2D eigenvalue weighted by atomic mass is 10.2. The number of carbonyl (C=O) groups is 2. The maximum absolute atomic E-state index is 11.8. The topological polar surface area (TPSA) is 46.6 Å². The third kappa shape index (κ3) is 4.04. The molecular formula is C13H16ClNO3. The highest BCUT2D eigenvalue weighted by molar-refractivity contribution is 6.38. The minimum absolute atomic E-state index is 0.567. The van der Waals surface area contributed by atoms with Crippen LogP contribution < -0.4 is 4.90 Å². The van der Waals surface area contributed by atoms with Gasteiger partial charge >= 0.3 is 11.9 Å². The van der Waals surface area contributed by atoms with Crippen molar-refractivity contribution in [1.82, 2.24) is 0 Å². The van der Waals surface area contributed by atoms with Crippen LogP contribution in [0.15, 0.2) is 24.3 Å². The highest BCUT2D eigenvalue weighted by atomic mass is 35.5. The summed E-state index contributed by atoms with van der Waals surface area (Å²) in [4.78, 5) is 24.7. The van der Waals surface area contributed by atoms with Gasteiger partial charge in [0.1, 0.15) is 5.60 Å². The summed E-state index contributed by atoms with van der Waals surface area (Å²) in [5, 5.41) is 0.567. The van der Waals surface area contributed by atoms with Crippen LogP contribution in [0.5, 0.6) is 0 Å². The number of hydrogen-bond acceptors (Lipinski definition) is 3. The lowest BCUT2D eigenvalue weighted by Gasteiger charge is -2.22. The molecule has 0 atom stereocenters. The van der Waals surface area contributed by atoms with Gasteiger partial charge < -0.3 is 9.64 Å². The number of rotatable bonds is 1. The molecule has 0 aliphatic rings. The molecule has 1 rings (SSSR count). The Morgan fingerprint density at radius 3 is 2.11 bits per heavy atom. The van der Waals surface area contributed by atoms with Crippen molar-refractivity contribution in [1.29, 1.82) is 0 Å². The van der Waals surface area contributed by atoms with Crippen molar-refractivity contribution in [3.63, 3.8) is 0 Å². The minimum Gasteiger partial charge on any atom is -0.453 e. The highest BCUT2D eigenvalue weighted by Gasteiger charge is 2.26. The van der Waals surface area contributed by atoms with Gasteiger partial charge in [0, 0.05) is 17.8 Å². The molecule has 0 aliphatic carbocycles. The zero-order valence-corrected chi connectivity index (χ0v) is 11.6. The van der Waals surface area contributed by atoms with E-state index in [1.807, 2.05) is 0 Å². The summed E-state index contributed by atoms with van der Waals surface area (Å²) in [6, 6.07) is 6.61. The first-order chi connectivity index (χ1) is 8.20. The molecule has 0 N–H and O–H groups in total. The van der Waals surface area contributed by atoms with Gasteiger partial charge in [-0.1, -0.05) is 11.6 Å². The molecule has 0 aromatic heterocycles. The third-order valence-electron chi connectivity index (χ3n) is 2.09. The van der Waals surface area contributed by atoms with Gasteiger partial charge in [-0.25, -0.2) is 4.79 Å². The molecular weight excluding hydrogens is 254 g/mol. The van der Waals surface area contributed by atoms with Crippen LogP contribution in [0.25, 0.3) is 0 Å². The maximum atomic E-state index is 11.8. The maximum Gasteiger partial charge on any atom is 0.397 e. The summed E-state index contributed by atoms with van der Waals surface area (Å²) in [7, 11) is 1.51. The van der Waals surface area contributed by atoms with Crippen molar-refractivity contribution >= 4 is 29.2 Å². The number of anilines is 1. The van der Waals surface area contributed by atoms with Crippen LogP contribution in [0, 0.1) is 0 Å². The average molecular weight is 270 g/mol. The summed E-state index contributed by atoms with van der Waals surface area (Å²) in [6.07, 6.45) is 0. The molecule has 0 heterocycles. The number of ether oxygens (including phenoxy) is 1. The van der Waals surface area contributed by atoms with Gasteiger partial charge in [-0.3, -0.25) is 4.79 Å². The fourth-order valence-electron chi connectivity index (χ4n) is 1.24. The molecule has 0 saturated heterocycles. The minimum atomic E-state index is -0.875. The van der Waals surface area contributed by atoms with Crippen LogP contribution in [0.4, 0.5) is 5.69 Å². The van der Waals surface area contributed by atoms with Crippen LogP contribution in [-0.4, -0.2) is 24.5 Å². The van der Waals surface area contributed by atoms with E-state index >= 15 is 0 Å². The van der Waals surface area contributed by atoms with Crippen LogP contribution in [0.1, 0.15) is 20.8 Å². The first-order valence-electron chi connectivity index (χ1n) is 5.47. The van der Waals surface area contributed by atoms with E-state index in [4.69, 9.17) is 16.3 Å². The molecule has 0 saturated carbocycles. The van der Waals surface area contributed by atoms with Gasteiger partial charge in [-0.15, -0.1) is 0 Å². The van der Waals surface area contributed by atoms with E-state index in [1.165, 1.54) is 11.9 Å². The fourth-order valence-corrected chi connectivity index (χ4v) is 1.37. The first-order valence-corrected chi connectivity index (χ1v) is 5.85. The van der Waals surface area contributed by atoms with E-state index in [1.54, 1.807) is 45.0 Å². The Hall–Kier alpha value is -1.55. The molecule has 0 fully saturated rings. The second kappa shape index (κ2) is 5.40. The van der Waals surface area contributed by atoms with Crippen LogP contribution in [0.2, 0.25) is 5.02 Å². The summed E-state index contributed by atoms with van der Waals surface area (Å²) in [6.45, 7) is 5.13. The van der Waals surface area contributed by atoms with Gasteiger partial charge in [-0.2, -0.15) is 0 Å². The van der Waals surface area contributed by atoms with Gasteiger partial charge in [0.05, 0.1) is 0 Å². The van der Waals surface area contributed by atoms with Crippen molar-refractivity contribution in [2.24, 2.45) is 0 Å². The number of amides is 1. The Morgan fingerprint density at radius 2 is 1.67 bits per heavy atom. The van der Waals surface area contributed by atoms with Crippen molar-refractivity contribution in [2.75, 3.05) is 11.9 Å². The zero-order valence-electron chi connectivity index (χ0n) is 10.9. The van der Waals surface area contributed by atoms with E-state index < -0.39 is 17.5 Å². The first kappa shape index (κ1) is 14.5. The summed E-state index contributed by atoms with van der Waals surface area (Å²) >= 11 is 5.75. The Bertz CT molecular complexity index is 448. The molecule has 0 unspecified atom stereocenters. The largest absolute Gasteiger partial charge is 0.453 e. The Kier molecular flexibility index (Phi) is 4.35. The Balaban J connectivity index is 2.78. The summed E-state index contributed by atoms with van der Waals surface area (Å²) in [5.41, 5.74) is -0.108. The quantitative estimate of drug-likeness (QED) is 0.582. The second-order valence-electron chi connectivity index (χ2n) is 4.84. The van der Waals surface area contributed by atoms with E-state index in [0.29, 0.717) is 10.7 Å². The van der Waals surface area contributed by atoms with Gasteiger partial charge in [-0.05, 0) is 45.0 Å². The van der Waals surface area contributed by atoms with Gasteiger partial charge in [0.2, 0.25) is 0 Å². The molecule has 98 valence electrons. The zero-order chi connectivity index (χ0) is 13.9. The highest BCUT2D eigenvalue weighted by Crippen LogP contribution is 2.17. The lowest BCUT2D eigenvalue weighted by molar-refractivity contribution is -0.162. The van der Waals surface area contributed by atoms with Crippen LogP contribution in [-0.2, 0) is 14.3 Å². The second-order valence-corrected chi connectivity index (χ2v) is 5.28. The predicted molar refractivity (Wildman–Crippen MR) is 70.7 cm³/mol. The smallest absolute Gasteiger partial charge is 0.397 e. The monoisotopic (exact) mass is 269 g/mol. The van der Waals surface area contributed by atoms with Crippen molar-refractivity contribution in [3.05, 3.63) is 29.3 Å². The molecule has 1 aromatic rings. The Morgan fingerprint density at radius 1 is 1.17 bits per heavy atom. The number of benzene rings is 1. The van der Waals surface area contributed by atoms with E-state index in [0.717, 1.165) is 0 Å². The molecule has 0 bridgehead atoms. The molecule has 1 amide bonds. The van der Waals surface area contributed by atoms with E-state index in [-0.39, 0.29) is 0 Å². The van der Waals surface area contributed by atoms with Gasteiger partial charge in [0.15, 0.2) is 0 Å². The number of hydrogen-bond donors (Lipinski definition) is 0. The molecule has 4 nitrogen and oxygen atoms in total. The van der Waals surface area contributed by atoms with Crippen molar-refractivity contribution in [3.8, 4) is 0 Å². The van der Waals surface area contributed by atoms with Gasteiger partial charge in [0.25, 0.3) is 0 Å². The Labute approximate surface area is 111 Å². The number of esters is 1. The number of carbonyl (C=O) groups excluding carboxylic acids is 2. The standard InChI is InChI=1S/C13H16ClNO3/c1-13(2,3)18-12(17)11(16)15(4)10-7-5-9(14)6-8-10/h5-8H,1-4H3. The number of likely N-dealkylation sites (N-methyl/N-ethyl adjacent to an activating group) is 1. The summed E-state index contributed by atoms with van der Waals surface area (Å²) in [5.74, 6) is -1.59. The average Bonchev–Trinajstić information content (AvgIpc) is 2.26. The molecule has 5 heteroatoms. The normalized spacial score (nSPS) is 10.9. The molecule has 0 aliphatic heterocycles. The fraction of sp³-hybridized carbons (Fsp3) is 0.385. The molecule has 0 spiro atoms.